The highest BCUT2D eigenvalue weighted by molar-refractivity contribution is 8.05. The fraction of sp³-hybridized carbons (Fsp3) is 0.750. The number of carbonyl (C=O) groups excluding carboxylic acids is 2. The average Bonchev–Trinajstić information content (AvgIpc) is 2.85. The van der Waals surface area contributed by atoms with Gasteiger partial charge in [-0.3, -0.25) is 9.59 Å². The highest BCUT2D eigenvalue weighted by atomic mass is 32.2. The van der Waals surface area contributed by atoms with Crippen molar-refractivity contribution in [3.8, 4) is 5.40 Å². The molecule has 0 saturated heterocycles. The van der Waals surface area contributed by atoms with E-state index < -0.39 is 16.3 Å². The summed E-state index contributed by atoms with van der Waals surface area (Å²) in [5.41, 5.74) is 0.290. The van der Waals surface area contributed by atoms with Crippen molar-refractivity contribution >= 4 is 23.3 Å². The summed E-state index contributed by atoms with van der Waals surface area (Å²) in [4.78, 5) is 25.6. The van der Waals surface area contributed by atoms with Gasteiger partial charge in [-0.05, 0) is 61.8 Å². The lowest BCUT2D eigenvalue weighted by Gasteiger charge is -2.62. The molecule has 6 atom stereocenters. The SMILES string of the molecule is C[C@]12CC(=O)[C@@]3(SC#N)[C@@H](CCC4=CC(=O)CC[C@@]43C)[C@@H]1CC[C@@H]2O. The van der Waals surface area contributed by atoms with Crippen molar-refractivity contribution in [3.63, 3.8) is 0 Å². The number of carbonyl (C=O) groups is 2. The molecule has 4 nitrogen and oxygen atoms in total. The number of thiocyanates is 1. The summed E-state index contributed by atoms with van der Waals surface area (Å²) in [7, 11) is 0. The third-order valence-electron chi connectivity index (χ3n) is 7.99. The summed E-state index contributed by atoms with van der Waals surface area (Å²) in [6.45, 7) is 4.17. The zero-order valence-electron chi connectivity index (χ0n) is 14.9. The highest BCUT2D eigenvalue weighted by Gasteiger charge is 2.70. The summed E-state index contributed by atoms with van der Waals surface area (Å²) >= 11 is 1.15. The quantitative estimate of drug-likeness (QED) is 0.726. The molecule has 0 aromatic rings. The number of rotatable bonds is 1. The van der Waals surface area contributed by atoms with E-state index >= 15 is 0 Å². The molecule has 0 unspecified atom stereocenters. The van der Waals surface area contributed by atoms with Crippen LogP contribution >= 0.6 is 11.8 Å². The number of ketones is 2. The van der Waals surface area contributed by atoms with Gasteiger partial charge in [0.2, 0.25) is 0 Å². The lowest BCUT2D eigenvalue weighted by Crippen LogP contribution is -2.66. The molecular formula is C20H25NO3S. The van der Waals surface area contributed by atoms with Crippen LogP contribution in [-0.4, -0.2) is 27.5 Å². The molecule has 0 amide bonds. The van der Waals surface area contributed by atoms with Crippen LogP contribution in [0, 0.1) is 33.3 Å². The van der Waals surface area contributed by atoms with E-state index in [1.54, 1.807) is 6.08 Å². The van der Waals surface area contributed by atoms with Gasteiger partial charge in [0, 0.05) is 23.7 Å². The van der Waals surface area contributed by atoms with Crippen LogP contribution in [0.2, 0.25) is 0 Å². The van der Waals surface area contributed by atoms with Crippen molar-refractivity contribution in [2.75, 3.05) is 0 Å². The molecule has 0 bridgehead atoms. The topological polar surface area (TPSA) is 78.2 Å². The van der Waals surface area contributed by atoms with Gasteiger partial charge in [-0.25, -0.2) is 0 Å². The maximum Gasteiger partial charge on any atom is 0.155 e. The first-order valence-corrected chi connectivity index (χ1v) is 10.1. The maximum atomic E-state index is 13.6. The van der Waals surface area contributed by atoms with Crippen molar-refractivity contribution in [3.05, 3.63) is 11.6 Å². The molecule has 25 heavy (non-hydrogen) atoms. The van der Waals surface area contributed by atoms with E-state index in [0.717, 1.165) is 43.0 Å². The summed E-state index contributed by atoms with van der Waals surface area (Å²) in [5.74, 6) is 0.645. The minimum absolute atomic E-state index is 0.107. The molecule has 0 aromatic heterocycles. The van der Waals surface area contributed by atoms with E-state index in [4.69, 9.17) is 0 Å². The molecule has 0 aliphatic heterocycles. The number of hydrogen-bond donors (Lipinski definition) is 1. The number of thioether (sulfide) groups is 1. The molecule has 0 radical (unpaired) electrons. The van der Waals surface area contributed by atoms with Crippen molar-refractivity contribution < 1.29 is 14.7 Å². The predicted octanol–water partition coefficient (Wildman–Crippen LogP) is 3.40. The monoisotopic (exact) mass is 359 g/mol. The number of Topliss-reactive ketones (excluding diaryl/α,β-unsaturated/α-hetero) is 1. The Kier molecular flexibility index (Phi) is 3.76. The van der Waals surface area contributed by atoms with E-state index in [1.165, 1.54) is 0 Å². The van der Waals surface area contributed by atoms with Crippen LogP contribution in [0.3, 0.4) is 0 Å². The van der Waals surface area contributed by atoms with Crippen LogP contribution in [0.25, 0.3) is 0 Å². The number of aliphatic hydroxyl groups excluding tert-OH is 1. The van der Waals surface area contributed by atoms with E-state index in [-0.39, 0.29) is 28.8 Å². The minimum atomic E-state index is -0.763. The zero-order chi connectivity index (χ0) is 18.0. The average molecular weight is 359 g/mol. The molecule has 0 heterocycles. The van der Waals surface area contributed by atoms with Crippen LogP contribution in [0.5, 0.6) is 0 Å². The lowest BCUT2D eigenvalue weighted by molar-refractivity contribution is -0.143. The molecule has 134 valence electrons. The van der Waals surface area contributed by atoms with Gasteiger partial charge in [0.25, 0.3) is 0 Å². The summed E-state index contributed by atoms with van der Waals surface area (Å²) in [6, 6.07) is 0. The van der Waals surface area contributed by atoms with Gasteiger partial charge in [-0.1, -0.05) is 19.4 Å². The third-order valence-corrected chi connectivity index (χ3v) is 9.38. The summed E-state index contributed by atoms with van der Waals surface area (Å²) in [5, 5.41) is 22.4. The Morgan fingerprint density at radius 2 is 1.96 bits per heavy atom. The van der Waals surface area contributed by atoms with Gasteiger partial charge in [-0.2, -0.15) is 5.26 Å². The zero-order valence-corrected chi connectivity index (χ0v) is 15.7. The first kappa shape index (κ1) is 17.3. The van der Waals surface area contributed by atoms with Crippen LogP contribution in [0.1, 0.15) is 58.8 Å². The van der Waals surface area contributed by atoms with Gasteiger partial charge in [0.15, 0.2) is 11.6 Å². The second kappa shape index (κ2) is 5.44. The normalized spacial score (nSPS) is 48.9. The van der Waals surface area contributed by atoms with Gasteiger partial charge in [0.05, 0.1) is 6.10 Å². The van der Waals surface area contributed by atoms with Gasteiger partial charge >= 0.3 is 0 Å². The molecule has 4 aliphatic rings. The van der Waals surface area contributed by atoms with Gasteiger partial charge in [0.1, 0.15) is 10.1 Å². The Hall–Kier alpha value is -1.12. The minimum Gasteiger partial charge on any atom is -0.393 e. The molecule has 3 saturated carbocycles. The number of fused-ring (bicyclic) bond motifs is 5. The smallest absolute Gasteiger partial charge is 0.155 e. The second-order valence-electron chi connectivity index (χ2n) is 8.85. The van der Waals surface area contributed by atoms with Crippen LogP contribution in [0.15, 0.2) is 11.6 Å². The Morgan fingerprint density at radius 3 is 2.68 bits per heavy atom. The highest BCUT2D eigenvalue weighted by Crippen LogP contribution is 2.69. The summed E-state index contributed by atoms with van der Waals surface area (Å²) in [6.07, 6.45) is 6.12. The lowest BCUT2D eigenvalue weighted by atomic mass is 9.46. The first-order chi connectivity index (χ1) is 11.8. The van der Waals surface area contributed by atoms with Crippen molar-refractivity contribution in [2.45, 2.75) is 69.6 Å². The fourth-order valence-corrected chi connectivity index (χ4v) is 7.82. The fourth-order valence-electron chi connectivity index (χ4n) is 6.60. The third kappa shape index (κ3) is 1.99. The molecular weight excluding hydrogens is 334 g/mol. The number of aliphatic hydroxyl groups is 1. The predicted molar refractivity (Wildman–Crippen MR) is 95.6 cm³/mol. The Labute approximate surface area is 153 Å². The molecule has 4 aliphatic carbocycles. The molecule has 1 N–H and O–H groups in total. The Morgan fingerprint density at radius 1 is 1.20 bits per heavy atom. The van der Waals surface area contributed by atoms with E-state index in [2.05, 4.69) is 19.2 Å². The van der Waals surface area contributed by atoms with Crippen LogP contribution in [-0.2, 0) is 9.59 Å². The van der Waals surface area contributed by atoms with E-state index in [9.17, 15) is 20.0 Å². The number of hydrogen-bond acceptors (Lipinski definition) is 5. The molecule has 3 fully saturated rings. The van der Waals surface area contributed by atoms with Crippen molar-refractivity contribution in [1.29, 1.82) is 5.26 Å². The number of nitriles is 1. The van der Waals surface area contributed by atoms with E-state index in [0.29, 0.717) is 19.3 Å². The molecule has 0 aromatic carbocycles. The van der Waals surface area contributed by atoms with Gasteiger partial charge < -0.3 is 5.11 Å². The van der Waals surface area contributed by atoms with Crippen LogP contribution < -0.4 is 0 Å². The Bertz CT molecular complexity index is 725. The first-order valence-electron chi connectivity index (χ1n) is 9.32. The van der Waals surface area contributed by atoms with Crippen molar-refractivity contribution in [2.24, 2.45) is 22.7 Å². The second-order valence-corrected chi connectivity index (χ2v) is 9.88. The largest absolute Gasteiger partial charge is 0.393 e. The maximum absolute atomic E-state index is 13.6. The van der Waals surface area contributed by atoms with E-state index in [1.807, 2.05) is 0 Å². The number of allylic oxidation sites excluding steroid dienone is 1. The standard InChI is InChI=1S/C20H25NO3S/c1-18-10-17(24)20(25-11-21)15(14(18)5-6-16(18)23)4-3-12-9-13(22)7-8-19(12,20)2/h9,14-16,23H,3-8,10H2,1-2H3/t14-,15-,16-,18-,19-,20-/m0/s1. The Balaban J connectivity index is 1.89. The molecule has 0 spiro atoms. The molecule has 4 rings (SSSR count). The summed E-state index contributed by atoms with van der Waals surface area (Å²) < 4.78 is -0.763. The van der Waals surface area contributed by atoms with Gasteiger partial charge in [-0.15, -0.1) is 0 Å². The number of nitrogens with zero attached hydrogens (tertiary/aromatic N) is 1. The van der Waals surface area contributed by atoms with Crippen LogP contribution in [0.4, 0.5) is 0 Å². The van der Waals surface area contributed by atoms with Crippen molar-refractivity contribution in [1.82, 2.24) is 0 Å². The molecule has 5 heteroatoms.